The maximum absolute atomic E-state index is 10.4. The Labute approximate surface area is 65.4 Å². The monoisotopic (exact) mass is 174 g/mol. The van der Waals surface area contributed by atoms with E-state index in [1.807, 2.05) is 0 Å². The van der Waals surface area contributed by atoms with Gasteiger partial charge in [-0.05, 0) is 0 Å². The molecule has 1 heterocycles. The summed E-state index contributed by atoms with van der Waals surface area (Å²) in [4.78, 5) is 14.1. The number of carbonyl (C=O) groups is 1. The minimum Gasteiger partial charge on any atom is -0.400 e. The minimum atomic E-state index is -0.886. The Kier molecular flexibility index (Phi) is 2.50. The molecule has 1 aliphatic rings. The van der Waals surface area contributed by atoms with Crippen molar-refractivity contribution in [3.05, 3.63) is 11.6 Å². The highest BCUT2D eigenvalue weighted by Gasteiger charge is 2.12. The predicted octanol–water partition coefficient (Wildman–Crippen LogP) is 0.581. The second-order valence-electron chi connectivity index (χ2n) is 1.67. The van der Waals surface area contributed by atoms with E-state index in [2.05, 4.69) is 14.3 Å². The van der Waals surface area contributed by atoms with Crippen molar-refractivity contribution in [1.82, 2.24) is 0 Å². The number of hydrogen-bond acceptors (Lipinski definition) is 4. The van der Waals surface area contributed by atoms with Crippen LogP contribution in [-0.4, -0.2) is 16.4 Å². The van der Waals surface area contributed by atoms with Gasteiger partial charge < -0.3 is 4.74 Å². The summed E-state index contributed by atoms with van der Waals surface area (Å²) in [7, 11) is -0.886. The van der Waals surface area contributed by atoms with Crippen molar-refractivity contribution in [3.8, 4) is 0 Å². The van der Waals surface area contributed by atoms with Crippen LogP contribution >= 0.6 is 0 Å². The molecule has 1 aliphatic heterocycles. The molecule has 1 atom stereocenters. The van der Waals surface area contributed by atoms with E-state index in [-0.39, 0.29) is 5.23 Å². The molecule has 1 N–H and O–H groups in total. The molecule has 0 amide bonds. The molecular weight excluding hydrogens is 168 g/mol. The van der Waals surface area contributed by atoms with Crippen molar-refractivity contribution in [2.45, 2.75) is 6.92 Å². The van der Waals surface area contributed by atoms with Gasteiger partial charge in [0.1, 0.15) is 0 Å². The van der Waals surface area contributed by atoms with Crippen LogP contribution in [0.3, 0.4) is 0 Å². The summed E-state index contributed by atoms with van der Waals surface area (Å²) in [5.41, 5.74) is 0. The van der Waals surface area contributed by atoms with E-state index in [1.54, 1.807) is 0 Å². The summed E-state index contributed by atoms with van der Waals surface area (Å²) in [6.45, 7) is 1.26. The quantitative estimate of drug-likeness (QED) is 0.431. The zero-order valence-corrected chi connectivity index (χ0v) is 6.54. The first-order valence-corrected chi connectivity index (χ1v) is 3.99. The number of nitrogens with zero attached hydrogens (tertiary/aromatic N) is 2. The van der Waals surface area contributed by atoms with Crippen molar-refractivity contribution in [2.24, 2.45) is 9.52 Å². The molecule has 0 aromatic carbocycles. The first-order chi connectivity index (χ1) is 5.24. The maximum Gasteiger partial charge on any atom is 0.309 e. The van der Waals surface area contributed by atoms with Gasteiger partial charge in [0.15, 0.2) is 0 Å². The number of hydrogen-bond donors (Lipinski definition) is 1. The van der Waals surface area contributed by atoms with E-state index >= 15 is 0 Å². The molecule has 1 unspecified atom stereocenters. The smallest absolute Gasteiger partial charge is 0.309 e. The van der Waals surface area contributed by atoms with Crippen molar-refractivity contribution in [3.63, 3.8) is 0 Å². The normalized spacial score (nSPS) is 22.0. The van der Waals surface area contributed by atoms with Crippen molar-refractivity contribution in [1.29, 1.82) is 0 Å². The Hall–Kier alpha value is -1.01. The van der Waals surface area contributed by atoms with E-state index in [0.717, 1.165) is 0 Å². The van der Waals surface area contributed by atoms with Crippen molar-refractivity contribution in [2.75, 3.05) is 0 Å². The van der Waals surface area contributed by atoms with Crippen LogP contribution in [0.5, 0.6) is 0 Å². The van der Waals surface area contributed by atoms with E-state index in [1.165, 1.54) is 18.5 Å². The van der Waals surface area contributed by atoms with Crippen LogP contribution in [-0.2, 0) is 20.2 Å². The topological polar surface area (TPSA) is 71.2 Å². The molecule has 5 nitrogen and oxygen atoms in total. The van der Waals surface area contributed by atoms with Crippen molar-refractivity contribution < 1.29 is 14.7 Å². The van der Waals surface area contributed by atoms with Gasteiger partial charge in [0.2, 0.25) is 0 Å². The third kappa shape index (κ3) is 1.95. The van der Waals surface area contributed by atoms with Crippen LogP contribution in [0.25, 0.3) is 0 Å². The molecule has 11 heavy (non-hydrogen) atoms. The summed E-state index contributed by atoms with van der Waals surface area (Å²) >= 11 is 0. The van der Waals surface area contributed by atoms with E-state index < -0.39 is 16.7 Å². The lowest BCUT2D eigenvalue weighted by Gasteiger charge is -1.98. The van der Waals surface area contributed by atoms with Crippen LogP contribution in [0.2, 0.25) is 0 Å². The molecule has 0 radical (unpaired) electrons. The molecular formula is C5H6N2O3S. The van der Waals surface area contributed by atoms with Gasteiger partial charge in [-0.3, -0.25) is 10.0 Å². The summed E-state index contributed by atoms with van der Waals surface area (Å²) in [5.74, 6) is -0.464. The van der Waals surface area contributed by atoms with Gasteiger partial charge in [0.25, 0.3) is 5.23 Å². The average Bonchev–Trinajstić information content (AvgIpc) is 2.34. The Morgan fingerprint density at radius 2 is 2.64 bits per heavy atom. The number of rotatable bonds is 0. The highest BCUT2D eigenvalue weighted by Crippen LogP contribution is 2.05. The standard InChI is InChI=1S/C5H6N2O3S/c1-4(8)10-5-6-2-3-11(5)7-9/h2-3,9H,1H3. The van der Waals surface area contributed by atoms with Crippen LogP contribution < -0.4 is 0 Å². The third-order valence-corrected chi connectivity index (χ3v) is 1.97. The van der Waals surface area contributed by atoms with Crippen LogP contribution in [0.1, 0.15) is 6.92 Å². The predicted molar refractivity (Wildman–Crippen MR) is 39.9 cm³/mol. The second-order valence-corrected chi connectivity index (χ2v) is 3.08. The van der Waals surface area contributed by atoms with E-state index in [9.17, 15) is 4.79 Å². The summed E-state index contributed by atoms with van der Waals surface area (Å²) < 4.78 is 7.58. The Morgan fingerprint density at radius 3 is 3.18 bits per heavy atom. The van der Waals surface area contributed by atoms with Gasteiger partial charge in [-0.25, -0.2) is 4.99 Å². The molecule has 0 aromatic heterocycles. The molecule has 0 aromatic rings. The SMILES string of the molecule is CC(=O)OC1=NC=CS1=NO. The van der Waals surface area contributed by atoms with Gasteiger partial charge in [-0.15, -0.1) is 0 Å². The molecule has 1 rings (SSSR count). The Balaban J connectivity index is 2.69. The van der Waals surface area contributed by atoms with Gasteiger partial charge in [0, 0.05) is 29.2 Å². The third-order valence-electron chi connectivity index (χ3n) is 0.868. The molecule has 60 valence electrons. The number of carbonyl (C=O) groups excluding carboxylic acids is 1. The van der Waals surface area contributed by atoms with Crippen LogP contribution in [0.15, 0.2) is 21.1 Å². The summed E-state index contributed by atoms with van der Waals surface area (Å²) in [5, 5.41) is 10.0. The van der Waals surface area contributed by atoms with Gasteiger partial charge >= 0.3 is 5.97 Å². The first kappa shape index (κ1) is 8.09. The lowest BCUT2D eigenvalue weighted by Crippen LogP contribution is -2.10. The van der Waals surface area contributed by atoms with Gasteiger partial charge in [0.05, 0.1) is 0 Å². The van der Waals surface area contributed by atoms with E-state index in [0.29, 0.717) is 0 Å². The number of esters is 1. The Morgan fingerprint density at radius 1 is 1.91 bits per heavy atom. The lowest BCUT2D eigenvalue weighted by atomic mass is 10.8. The van der Waals surface area contributed by atoms with Gasteiger partial charge in [-0.1, -0.05) is 4.53 Å². The minimum absolute atomic E-state index is 0.139. The highest BCUT2D eigenvalue weighted by molar-refractivity contribution is 8.04. The molecule has 0 saturated carbocycles. The molecule has 6 heteroatoms. The highest BCUT2D eigenvalue weighted by atomic mass is 32.2. The van der Waals surface area contributed by atoms with Crippen molar-refractivity contribution >= 4 is 21.9 Å². The molecule has 0 aliphatic carbocycles. The summed E-state index contributed by atoms with van der Waals surface area (Å²) in [6, 6.07) is 0. The first-order valence-electron chi connectivity index (χ1n) is 2.75. The Bertz CT molecular complexity index is 269. The molecule has 0 fully saturated rings. The van der Waals surface area contributed by atoms with E-state index in [4.69, 9.17) is 5.21 Å². The zero-order chi connectivity index (χ0) is 8.27. The maximum atomic E-state index is 10.4. The van der Waals surface area contributed by atoms with Crippen LogP contribution in [0.4, 0.5) is 0 Å². The zero-order valence-electron chi connectivity index (χ0n) is 5.72. The molecule has 0 bridgehead atoms. The lowest BCUT2D eigenvalue weighted by molar-refractivity contribution is -0.132. The molecule has 0 saturated heterocycles. The van der Waals surface area contributed by atoms with Gasteiger partial charge in [-0.2, -0.15) is 0 Å². The largest absolute Gasteiger partial charge is 0.400 e. The van der Waals surface area contributed by atoms with Crippen LogP contribution in [0, 0.1) is 0 Å². The summed E-state index contributed by atoms with van der Waals surface area (Å²) in [6.07, 6.45) is 1.43. The number of ether oxygens (including phenoxy) is 1. The number of aliphatic imine (C=N–C) groups is 1. The fraction of sp³-hybridized carbons (Fsp3) is 0.200. The molecule has 0 spiro atoms. The average molecular weight is 174 g/mol. The second kappa shape index (κ2) is 3.40. The fourth-order valence-electron chi connectivity index (χ4n) is 0.515. The fourth-order valence-corrected chi connectivity index (χ4v) is 1.30.